The summed E-state index contributed by atoms with van der Waals surface area (Å²) in [5, 5.41) is 62.4. The fraction of sp³-hybridized carbons (Fsp3) is 0.424. The van der Waals surface area contributed by atoms with Crippen LogP contribution < -0.4 is 15.4 Å². The Kier molecular flexibility index (Phi) is 8.43. The van der Waals surface area contributed by atoms with Gasteiger partial charge in [0, 0.05) is 41.9 Å². The number of aryl methyl sites for hydroxylation is 1. The lowest BCUT2D eigenvalue weighted by atomic mass is 9.75. The molecule has 13 nitrogen and oxygen atoms in total. The molecule has 7 rings (SSSR count). The number of halogens is 4. The Bertz CT molecular complexity index is 2150. The molecule has 2 unspecified atom stereocenters. The molecule has 0 radical (unpaired) electrons. The predicted octanol–water partition coefficient (Wildman–Crippen LogP) is 2.90. The highest BCUT2D eigenvalue weighted by Crippen LogP contribution is 2.49. The molecule has 2 aromatic heterocycles. The van der Waals surface area contributed by atoms with Crippen LogP contribution in [0.4, 0.5) is 28.4 Å². The molecule has 3 fully saturated rings. The minimum absolute atomic E-state index is 0.00377. The van der Waals surface area contributed by atoms with E-state index in [4.69, 9.17) is 15.2 Å². The van der Waals surface area contributed by atoms with Crippen molar-refractivity contribution in [3.05, 3.63) is 52.9 Å². The van der Waals surface area contributed by atoms with Crippen molar-refractivity contribution in [1.29, 1.82) is 5.26 Å². The fourth-order valence-corrected chi connectivity index (χ4v) is 8.17. The van der Waals surface area contributed by atoms with Gasteiger partial charge in [-0.05, 0) is 49.1 Å². The second-order valence-corrected chi connectivity index (χ2v) is 14.2. The van der Waals surface area contributed by atoms with Crippen LogP contribution >= 0.6 is 11.3 Å². The van der Waals surface area contributed by atoms with Gasteiger partial charge in [0.2, 0.25) is 0 Å². The maximum atomic E-state index is 16.4. The number of hydrogen-bond donors (Lipinski definition) is 6. The molecular formula is C33H32F4N6O7S. The number of nitrogens with two attached hydrogens (primary N) is 1. The van der Waals surface area contributed by atoms with E-state index in [0.29, 0.717) is 4.90 Å². The Morgan fingerprint density at radius 1 is 1.18 bits per heavy atom. The van der Waals surface area contributed by atoms with Crippen molar-refractivity contribution in [3.63, 3.8) is 0 Å². The molecule has 0 amide bonds. The largest absolute Gasteiger partial charge is 0.405 e. The molecule has 7 N–H and O–H groups in total. The Labute approximate surface area is 291 Å². The topological polar surface area (TPSA) is 202 Å². The summed E-state index contributed by atoms with van der Waals surface area (Å²) in [5.41, 5.74) is 3.74. The first-order valence-corrected chi connectivity index (χ1v) is 16.6. The third kappa shape index (κ3) is 5.55. The molecule has 4 atom stereocenters. The molecule has 2 aromatic carbocycles. The molecule has 18 heteroatoms. The normalized spacial score (nSPS) is 25.3. The number of rotatable bonds is 6. The summed E-state index contributed by atoms with van der Waals surface area (Å²) in [7, 11) is 0. The SMILES string of the molecule is Cc1c(-c2ccc(F)c3sc(N)c(C#N)c23)c(F)cc2c(N3CCOCC4C3[C@H]4F)nc(OC(O)(O)[C@]3(C)CN(C(O)(O)O)CC/C3=C\F)nc12. The molecule has 270 valence electrons. The van der Waals surface area contributed by atoms with Gasteiger partial charge in [0.25, 0.3) is 0 Å². The summed E-state index contributed by atoms with van der Waals surface area (Å²) in [6, 6.07) is 4.02. The third-order valence-corrected chi connectivity index (χ3v) is 11.2. The molecule has 51 heavy (non-hydrogen) atoms. The third-order valence-electron chi connectivity index (χ3n) is 10.2. The Balaban J connectivity index is 1.43. The molecule has 2 aliphatic heterocycles. The minimum atomic E-state index is -3.40. The van der Waals surface area contributed by atoms with Crippen LogP contribution in [0.3, 0.4) is 0 Å². The molecule has 1 aliphatic carbocycles. The van der Waals surface area contributed by atoms with Crippen molar-refractivity contribution in [2.75, 3.05) is 43.5 Å². The molecule has 1 saturated carbocycles. The summed E-state index contributed by atoms with van der Waals surface area (Å²) >= 11 is 0.829. The van der Waals surface area contributed by atoms with Gasteiger partial charge in [-0.1, -0.05) is 6.07 Å². The van der Waals surface area contributed by atoms with Crippen molar-refractivity contribution < 1.29 is 52.6 Å². The summed E-state index contributed by atoms with van der Waals surface area (Å²) in [5.74, 6) is -5.44. The molecule has 4 aromatic rings. The van der Waals surface area contributed by atoms with E-state index in [1.165, 1.54) is 13.0 Å². The quantitative estimate of drug-likeness (QED) is 0.125. The van der Waals surface area contributed by atoms with E-state index >= 15 is 8.78 Å². The predicted molar refractivity (Wildman–Crippen MR) is 175 cm³/mol. The molecule has 3 aliphatic rings. The van der Waals surface area contributed by atoms with E-state index in [9.17, 15) is 39.6 Å². The Hall–Kier alpha value is -4.19. The first-order chi connectivity index (χ1) is 24.0. The molecule has 0 spiro atoms. The van der Waals surface area contributed by atoms with Gasteiger partial charge >= 0.3 is 18.1 Å². The number of aliphatic hydroxyl groups is 5. The first-order valence-electron chi connectivity index (χ1n) is 15.8. The fourth-order valence-electron chi connectivity index (χ4n) is 7.22. The lowest BCUT2D eigenvalue weighted by Gasteiger charge is -2.48. The number of thiophene rings is 1. The molecule has 0 bridgehead atoms. The number of fused-ring (bicyclic) bond motifs is 3. The van der Waals surface area contributed by atoms with E-state index in [0.717, 1.165) is 30.4 Å². The van der Waals surface area contributed by atoms with Crippen molar-refractivity contribution in [2.24, 2.45) is 11.3 Å². The van der Waals surface area contributed by atoms with Gasteiger partial charge in [-0.15, -0.1) is 11.3 Å². The van der Waals surface area contributed by atoms with E-state index in [1.54, 1.807) is 4.90 Å². The highest BCUT2D eigenvalue weighted by atomic mass is 32.1. The number of nitrogens with zero attached hydrogens (tertiary/aromatic N) is 5. The van der Waals surface area contributed by atoms with E-state index in [1.807, 2.05) is 6.07 Å². The van der Waals surface area contributed by atoms with E-state index in [2.05, 4.69) is 9.97 Å². The second kappa shape index (κ2) is 12.2. The summed E-state index contributed by atoms with van der Waals surface area (Å²) in [6.45, 7) is 1.99. The smallest absolute Gasteiger partial charge is 0.345 e. The summed E-state index contributed by atoms with van der Waals surface area (Å²) in [4.78, 5) is 11.0. The molecule has 4 heterocycles. The maximum absolute atomic E-state index is 16.4. The number of piperidine rings is 1. The van der Waals surface area contributed by atoms with E-state index < -0.39 is 59.8 Å². The summed E-state index contributed by atoms with van der Waals surface area (Å²) < 4.78 is 71.8. The lowest BCUT2D eigenvalue weighted by Crippen LogP contribution is -2.64. The summed E-state index contributed by atoms with van der Waals surface area (Å²) in [6.07, 6.45) is -4.89. The van der Waals surface area contributed by atoms with Crippen molar-refractivity contribution in [1.82, 2.24) is 14.9 Å². The van der Waals surface area contributed by atoms with Crippen LogP contribution in [0.2, 0.25) is 0 Å². The first kappa shape index (κ1) is 35.2. The number of hydrogen-bond acceptors (Lipinski definition) is 14. The van der Waals surface area contributed by atoms with Crippen LogP contribution in [-0.2, 0) is 4.74 Å². The number of likely N-dealkylation sites (tertiary alicyclic amines) is 1. The van der Waals surface area contributed by atoms with Crippen LogP contribution in [0.5, 0.6) is 6.01 Å². The highest BCUT2D eigenvalue weighted by molar-refractivity contribution is 7.23. The van der Waals surface area contributed by atoms with Crippen LogP contribution in [0.25, 0.3) is 32.1 Å². The average Bonchev–Trinajstić information content (AvgIpc) is 3.64. The van der Waals surface area contributed by atoms with Crippen molar-refractivity contribution in [3.8, 4) is 23.2 Å². The Morgan fingerprint density at radius 2 is 1.92 bits per heavy atom. The van der Waals surface area contributed by atoms with E-state index in [-0.39, 0.29) is 98.7 Å². The average molecular weight is 733 g/mol. The van der Waals surface area contributed by atoms with Crippen LogP contribution in [0, 0.1) is 41.2 Å². The zero-order valence-corrected chi connectivity index (χ0v) is 27.9. The maximum Gasteiger partial charge on any atom is 0.345 e. The zero-order valence-electron chi connectivity index (χ0n) is 27.1. The van der Waals surface area contributed by atoms with Gasteiger partial charge in [0.1, 0.15) is 34.7 Å². The van der Waals surface area contributed by atoms with Gasteiger partial charge in [0.05, 0.1) is 46.8 Å². The number of ether oxygens (including phenoxy) is 2. The molecular weight excluding hydrogens is 700 g/mol. The number of nitrogen functional groups attached to an aromatic ring is 1. The minimum Gasteiger partial charge on any atom is -0.405 e. The van der Waals surface area contributed by atoms with Gasteiger partial charge in [-0.2, -0.15) is 15.2 Å². The number of benzene rings is 2. The number of nitriles is 1. The van der Waals surface area contributed by atoms with Gasteiger partial charge in [-0.3, -0.25) is 0 Å². The standard InChI is InChI=1S/C33H32F4N6O7S/c1-14-22(16-3-4-20(35)27-23(16)18(11-38)28(39)51-27)21(36)9-17-25(14)40-30(41-29(17)43-7-8-49-12-19-24(37)26(19)43)50-32(44,45)31(2)13-42(33(46,47)48)6-5-15(31)10-34/h3-4,9-10,19,24,26,44-48H,5-8,12-13,39H2,1-2H3/b15-10+/t19?,24-,26?,31+/m0/s1. The second-order valence-electron chi connectivity index (χ2n) is 13.2. The monoisotopic (exact) mass is 732 g/mol. The highest BCUT2D eigenvalue weighted by Gasteiger charge is 2.58. The zero-order chi connectivity index (χ0) is 36.8. The number of aromatic nitrogens is 2. The van der Waals surface area contributed by atoms with Crippen molar-refractivity contribution in [2.45, 2.75) is 44.6 Å². The van der Waals surface area contributed by atoms with Gasteiger partial charge in [-0.25, -0.2) is 22.5 Å². The van der Waals surface area contributed by atoms with Gasteiger partial charge < -0.3 is 45.6 Å². The van der Waals surface area contributed by atoms with Gasteiger partial charge in [0.15, 0.2) is 0 Å². The number of anilines is 2. The Morgan fingerprint density at radius 3 is 2.61 bits per heavy atom. The van der Waals surface area contributed by atoms with Crippen LogP contribution in [0.15, 0.2) is 30.1 Å². The molecule has 2 saturated heterocycles. The number of alkyl halides is 1. The van der Waals surface area contributed by atoms with Crippen molar-refractivity contribution >= 4 is 43.1 Å². The lowest BCUT2D eigenvalue weighted by molar-refractivity contribution is -0.413. The van der Waals surface area contributed by atoms with Crippen LogP contribution in [0.1, 0.15) is 24.5 Å². The van der Waals surface area contributed by atoms with Crippen LogP contribution in [-0.4, -0.2) is 97.5 Å².